The van der Waals surface area contributed by atoms with Gasteiger partial charge in [-0.15, -0.1) is 0 Å². The second-order valence-electron chi connectivity index (χ2n) is 10.9. The van der Waals surface area contributed by atoms with E-state index < -0.39 is 15.6 Å². The molecule has 4 rings (SSSR count). The fraction of sp³-hybridized carbons (Fsp3) is 0.536. The molecule has 2 aliphatic heterocycles. The van der Waals surface area contributed by atoms with Crippen LogP contribution in [0, 0.1) is 12.8 Å². The number of benzene rings is 2. The minimum absolute atomic E-state index is 0.166. The van der Waals surface area contributed by atoms with Crippen LogP contribution in [0.25, 0.3) is 0 Å². The molecular formula is C28H38ClN3O5S. The quantitative estimate of drug-likeness (QED) is 0.506. The lowest BCUT2D eigenvalue weighted by molar-refractivity contribution is -0.146. The maximum Gasteiger partial charge on any atom is 0.243 e. The highest BCUT2D eigenvalue weighted by molar-refractivity contribution is 7.89. The molecule has 8 nitrogen and oxygen atoms in total. The Balaban J connectivity index is 1.48. The standard InChI is InChI=1S/C28H38ClN3O5S/c1-20(2)14-23-17-37-28(19-32(23)38(34,35)24-9-6-21(3)7-10-24)12-5-13-31(18-28)16-27(33)30-22-8-11-26(36-4)25(29)15-22/h6-11,15,20,23H,5,12-14,16-19H2,1-4H3,(H,30,33)/t23-,28-/m0/s1. The third kappa shape index (κ3) is 6.69. The fourth-order valence-electron chi connectivity index (χ4n) is 5.39. The van der Waals surface area contributed by atoms with Crippen molar-refractivity contribution in [1.82, 2.24) is 9.21 Å². The molecule has 1 amide bonds. The molecule has 0 saturated carbocycles. The molecule has 2 aromatic rings. The Bertz CT molecular complexity index is 1240. The molecule has 1 spiro atoms. The number of morpholine rings is 1. The Kier molecular flexibility index (Phi) is 9.04. The first-order valence-electron chi connectivity index (χ1n) is 13.1. The molecule has 208 valence electrons. The number of amides is 1. The molecule has 0 aromatic heterocycles. The van der Waals surface area contributed by atoms with Gasteiger partial charge in [0.15, 0.2) is 0 Å². The maximum absolute atomic E-state index is 13.8. The molecule has 2 aromatic carbocycles. The molecule has 38 heavy (non-hydrogen) atoms. The number of carbonyl (C=O) groups excluding carboxylic acids is 1. The summed E-state index contributed by atoms with van der Waals surface area (Å²) < 4.78 is 40.9. The van der Waals surface area contributed by atoms with E-state index in [-0.39, 0.29) is 25.0 Å². The zero-order valence-electron chi connectivity index (χ0n) is 22.6. The van der Waals surface area contributed by atoms with Crippen molar-refractivity contribution in [2.24, 2.45) is 5.92 Å². The third-order valence-corrected chi connectivity index (χ3v) is 9.43. The third-order valence-electron chi connectivity index (χ3n) is 7.23. The van der Waals surface area contributed by atoms with Gasteiger partial charge in [0, 0.05) is 24.8 Å². The van der Waals surface area contributed by atoms with Crippen molar-refractivity contribution in [1.29, 1.82) is 0 Å². The van der Waals surface area contributed by atoms with Gasteiger partial charge < -0.3 is 14.8 Å². The number of likely N-dealkylation sites (tertiary alicyclic amines) is 1. The van der Waals surface area contributed by atoms with Gasteiger partial charge in [0.2, 0.25) is 15.9 Å². The Hall–Kier alpha value is -2.17. The summed E-state index contributed by atoms with van der Waals surface area (Å²) in [5.41, 5.74) is 0.945. The number of anilines is 1. The van der Waals surface area contributed by atoms with E-state index in [1.165, 1.54) is 7.11 Å². The van der Waals surface area contributed by atoms with Gasteiger partial charge in [-0.05, 0) is 69.0 Å². The van der Waals surface area contributed by atoms with Crippen molar-refractivity contribution < 1.29 is 22.7 Å². The summed E-state index contributed by atoms with van der Waals surface area (Å²) in [6.07, 6.45) is 2.28. The first-order chi connectivity index (χ1) is 18.0. The topological polar surface area (TPSA) is 88.2 Å². The molecule has 2 fully saturated rings. The monoisotopic (exact) mass is 563 g/mol. The van der Waals surface area contributed by atoms with Crippen molar-refractivity contribution in [2.75, 3.05) is 45.2 Å². The van der Waals surface area contributed by atoms with Crippen LogP contribution in [0.2, 0.25) is 5.02 Å². The van der Waals surface area contributed by atoms with Crippen molar-refractivity contribution in [3.63, 3.8) is 0 Å². The van der Waals surface area contributed by atoms with Crippen LogP contribution in [0.5, 0.6) is 5.75 Å². The molecule has 1 N–H and O–H groups in total. The first kappa shape index (κ1) is 28.8. The van der Waals surface area contributed by atoms with Crippen molar-refractivity contribution >= 4 is 33.2 Å². The van der Waals surface area contributed by atoms with Crippen LogP contribution >= 0.6 is 11.6 Å². The summed E-state index contributed by atoms with van der Waals surface area (Å²) in [5, 5.41) is 3.31. The lowest BCUT2D eigenvalue weighted by atomic mass is 9.89. The second-order valence-corrected chi connectivity index (χ2v) is 13.2. The number of nitrogens with zero attached hydrogens (tertiary/aromatic N) is 2. The summed E-state index contributed by atoms with van der Waals surface area (Å²) in [4.78, 5) is 15.2. The van der Waals surface area contributed by atoms with Crippen LogP contribution in [0.3, 0.4) is 0 Å². The minimum atomic E-state index is -3.71. The van der Waals surface area contributed by atoms with Gasteiger partial charge >= 0.3 is 0 Å². The number of nitrogens with one attached hydrogen (secondary N) is 1. The highest BCUT2D eigenvalue weighted by Crippen LogP contribution is 2.35. The van der Waals surface area contributed by atoms with E-state index in [1.807, 2.05) is 24.0 Å². The summed E-state index contributed by atoms with van der Waals surface area (Å²) >= 11 is 6.19. The van der Waals surface area contributed by atoms with Gasteiger partial charge in [-0.1, -0.05) is 43.1 Å². The smallest absolute Gasteiger partial charge is 0.243 e. The Morgan fingerprint density at radius 1 is 1.21 bits per heavy atom. The zero-order chi connectivity index (χ0) is 27.5. The number of halogens is 1. The number of rotatable bonds is 8. The molecule has 2 atom stereocenters. The predicted molar refractivity (Wildman–Crippen MR) is 149 cm³/mol. The SMILES string of the molecule is COc1ccc(NC(=O)CN2CCC[C@]3(C2)CN(S(=O)(=O)c2ccc(C)cc2)[C@@H](CC(C)C)CO3)cc1Cl. The summed E-state index contributed by atoms with van der Waals surface area (Å²) in [7, 11) is -2.17. The van der Waals surface area contributed by atoms with E-state index in [1.54, 1.807) is 34.6 Å². The highest BCUT2D eigenvalue weighted by Gasteiger charge is 2.47. The molecule has 0 unspecified atom stereocenters. The number of ether oxygens (including phenoxy) is 2. The van der Waals surface area contributed by atoms with Crippen LogP contribution in [0.1, 0.15) is 38.7 Å². The zero-order valence-corrected chi connectivity index (χ0v) is 24.1. The maximum atomic E-state index is 13.8. The lowest BCUT2D eigenvalue weighted by Crippen LogP contribution is -2.64. The molecule has 2 saturated heterocycles. The number of aryl methyl sites for hydroxylation is 1. The normalized spacial score (nSPS) is 23.1. The molecular weight excluding hydrogens is 526 g/mol. The summed E-state index contributed by atoms with van der Waals surface area (Å²) in [6, 6.07) is 11.9. The molecule has 0 radical (unpaired) electrons. The predicted octanol–water partition coefficient (Wildman–Crippen LogP) is 4.57. The van der Waals surface area contributed by atoms with E-state index in [0.717, 1.165) is 31.4 Å². The van der Waals surface area contributed by atoms with Crippen molar-refractivity contribution in [3.8, 4) is 5.75 Å². The molecule has 2 aliphatic rings. The lowest BCUT2D eigenvalue weighted by Gasteiger charge is -2.50. The fourth-order valence-corrected chi connectivity index (χ4v) is 7.34. The number of hydrogen-bond donors (Lipinski definition) is 1. The van der Waals surface area contributed by atoms with E-state index in [0.29, 0.717) is 40.4 Å². The van der Waals surface area contributed by atoms with Crippen LogP contribution in [0.4, 0.5) is 5.69 Å². The van der Waals surface area contributed by atoms with Crippen LogP contribution in [-0.2, 0) is 19.6 Å². The van der Waals surface area contributed by atoms with E-state index in [2.05, 4.69) is 19.2 Å². The highest BCUT2D eigenvalue weighted by atomic mass is 35.5. The Morgan fingerprint density at radius 3 is 2.61 bits per heavy atom. The largest absolute Gasteiger partial charge is 0.495 e. The average Bonchev–Trinajstić information content (AvgIpc) is 2.85. The van der Waals surface area contributed by atoms with Crippen LogP contribution < -0.4 is 10.1 Å². The van der Waals surface area contributed by atoms with Gasteiger partial charge in [0.25, 0.3) is 0 Å². The summed E-state index contributed by atoms with van der Waals surface area (Å²) in [5.74, 6) is 0.699. The van der Waals surface area contributed by atoms with Gasteiger partial charge in [0.1, 0.15) is 5.75 Å². The van der Waals surface area contributed by atoms with Gasteiger partial charge in [-0.25, -0.2) is 8.42 Å². The molecule has 2 heterocycles. The van der Waals surface area contributed by atoms with E-state index in [9.17, 15) is 13.2 Å². The average molecular weight is 564 g/mol. The van der Waals surface area contributed by atoms with Crippen LogP contribution in [0.15, 0.2) is 47.4 Å². The van der Waals surface area contributed by atoms with Gasteiger partial charge in [0.05, 0.1) is 35.8 Å². The second kappa shape index (κ2) is 11.9. The van der Waals surface area contributed by atoms with Crippen LogP contribution in [-0.4, -0.2) is 75.1 Å². The van der Waals surface area contributed by atoms with Crippen molar-refractivity contribution in [2.45, 2.75) is 56.6 Å². The number of carbonyl (C=O) groups is 1. The van der Waals surface area contributed by atoms with Crippen molar-refractivity contribution in [3.05, 3.63) is 53.1 Å². The Morgan fingerprint density at radius 2 is 1.95 bits per heavy atom. The molecule has 0 bridgehead atoms. The van der Waals surface area contributed by atoms with E-state index >= 15 is 0 Å². The Labute approximate surface area is 231 Å². The van der Waals surface area contributed by atoms with Gasteiger partial charge in [-0.2, -0.15) is 4.31 Å². The summed E-state index contributed by atoms with van der Waals surface area (Å²) in [6.45, 7) is 8.14. The minimum Gasteiger partial charge on any atom is -0.495 e. The number of piperidine rings is 1. The number of sulfonamides is 1. The van der Waals surface area contributed by atoms with Gasteiger partial charge in [-0.3, -0.25) is 9.69 Å². The molecule has 0 aliphatic carbocycles. The molecule has 10 heteroatoms. The first-order valence-corrected chi connectivity index (χ1v) is 14.9. The van der Waals surface area contributed by atoms with E-state index in [4.69, 9.17) is 21.1 Å². The number of methoxy groups -OCH3 is 1. The number of hydrogen-bond acceptors (Lipinski definition) is 6.